The van der Waals surface area contributed by atoms with E-state index < -0.39 is 0 Å². The van der Waals surface area contributed by atoms with Gasteiger partial charge in [-0.05, 0) is 46.6 Å². The molecule has 1 heterocycles. The molecule has 5 heteroatoms. The van der Waals surface area contributed by atoms with Crippen molar-refractivity contribution in [2.75, 3.05) is 0 Å². The zero-order chi connectivity index (χ0) is 15.2. The van der Waals surface area contributed by atoms with E-state index in [1.807, 2.05) is 55.5 Å². The van der Waals surface area contributed by atoms with Crippen LogP contribution in [0.25, 0.3) is 6.08 Å². The van der Waals surface area contributed by atoms with E-state index in [4.69, 9.17) is 5.26 Å². The van der Waals surface area contributed by atoms with Crippen molar-refractivity contribution in [1.29, 1.82) is 5.26 Å². The second-order valence-corrected chi connectivity index (χ2v) is 6.91. The number of hydrogen-bond donors (Lipinski definition) is 1. The molecule has 0 aliphatic heterocycles. The maximum Gasteiger partial charge on any atom is 0.262 e. The summed E-state index contributed by atoms with van der Waals surface area (Å²) < 4.78 is 0.962. The van der Waals surface area contributed by atoms with Gasteiger partial charge in [0.1, 0.15) is 11.6 Å². The fraction of sp³-hybridized carbons (Fsp3) is 0.125. The minimum atomic E-state index is -0.363. The van der Waals surface area contributed by atoms with Crippen molar-refractivity contribution < 1.29 is 4.79 Å². The van der Waals surface area contributed by atoms with Crippen LogP contribution in [0.3, 0.4) is 0 Å². The number of amides is 1. The summed E-state index contributed by atoms with van der Waals surface area (Å²) in [6.07, 6.45) is 1.60. The number of hydrogen-bond acceptors (Lipinski definition) is 3. The summed E-state index contributed by atoms with van der Waals surface area (Å²) in [6.45, 7) is 1.89. The quantitative estimate of drug-likeness (QED) is 0.652. The largest absolute Gasteiger partial charge is 0.345 e. The minimum Gasteiger partial charge on any atom is -0.345 e. The molecule has 2 rings (SSSR count). The van der Waals surface area contributed by atoms with Gasteiger partial charge in [0, 0.05) is 4.88 Å². The Bertz CT molecular complexity index is 701. The van der Waals surface area contributed by atoms with Crippen LogP contribution in [0.15, 0.2) is 51.8 Å². The standard InChI is InChI=1S/C16H13BrN2OS/c1-11(12-5-3-2-4-6-12)19-16(20)13(10-18)9-14-7-8-15(17)21-14/h2-9,11H,1H3,(H,19,20)/b13-9-/t11-/m0/s1. The van der Waals surface area contributed by atoms with Crippen molar-refractivity contribution in [1.82, 2.24) is 5.32 Å². The summed E-state index contributed by atoms with van der Waals surface area (Å²) in [4.78, 5) is 13.0. The first-order chi connectivity index (χ1) is 10.1. The Balaban J connectivity index is 2.11. The van der Waals surface area contributed by atoms with Gasteiger partial charge in [-0.2, -0.15) is 5.26 Å². The third-order valence-electron chi connectivity index (χ3n) is 2.89. The lowest BCUT2D eigenvalue weighted by Crippen LogP contribution is -2.27. The first-order valence-corrected chi connectivity index (χ1v) is 7.94. The fourth-order valence-electron chi connectivity index (χ4n) is 1.80. The van der Waals surface area contributed by atoms with Crippen molar-refractivity contribution in [2.24, 2.45) is 0 Å². The number of carbonyl (C=O) groups excluding carboxylic acids is 1. The number of rotatable bonds is 4. The van der Waals surface area contributed by atoms with E-state index in [2.05, 4.69) is 21.2 Å². The topological polar surface area (TPSA) is 52.9 Å². The Morgan fingerprint density at radius 2 is 2.05 bits per heavy atom. The van der Waals surface area contributed by atoms with Crippen molar-refractivity contribution in [3.63, 3.8) is 0 Å². The summed E-state index contributed by atoms with van der Waals surface area (Å²) in [6, 6.07) is 15.2. The van der Waals surface area contributed by atoms with E-state index in [-0.39, 0.29) is 17.5 Å². The van der Waals surface area contributed by atoms with E-state index in [0.29, 0.717) is 0 Å². The summed E-state index contributed by atoms with van der Waals surface area (Å²) in [5.41, 5.74) is 1.11. The highest BCUT2D eigenvalue weighted by Crippen LogP contribution is 2.24. The number of carbonyl (C=O) groups is 1. The van der Waals surface area contributed by atoms with Crippen molar-refractivity contribution >= 4 is 39.2 Å². The lowest BCUT2D eigenvalue weighted by atomic mass is 10.1. The Kier molecular flexibility index (Phi) is 5.32. The first kappa shape index (κ1) is 15.5. The van der Waals surface area contributed by atoms with Crippen molar-refractivity contribution in [3.8, 4) is 6.07 Å². The van der Waals surface area contributed by atoms with Gasteiger partial charge in [-0.15, -0.1) is 11.3 Å². The van der Waals surface area contributed by atoms with Crippen molar-refractivity contribution in [2.45, 2.75) is 13.0 Å². The van der Waals surface area contributed by atoms with Crippen LogP contribution in [-0.4, -0.2) is 5.91 Å². The van der Waals surface area contributed by atoms with Gasteiger partial charge in [-0.3, -0.25) is 4.79 Å². The molecule has 1 amide bonds. The molecule has 0 spiro atoms. The van der Waals surface area contributed by atoms with E-state index >= 15 is 0 Å². The van der Waals surface area contributed by atoms with Crippen LogP contribution in [-0.2, 0) is 4.79 Å². The second kappa shape index (κ2) is 7.21. The van der Waals surface area contributed by atoms with Crippen LogP contribution >= 0.6 is 27.3 Å². The van der Waals surface area contributed by atoms with Gasteiger partial charge in [-0.1, -0.05) is 30.3 Å². The van der Waals surface area contributed by atoms with Crippen LogP contribution in [0.5, 0.6) is 0 Å². The molecule has 1 aromatic heterocycles. The Labute approximate surface area is 136 Å². The number of thiophene rings is 1. The molecule has 1 N–H and O–H groups in total. The molecule has 0 unspecified atom stereocenters. The molecule has 0 bridgehead atoms. The first-order valence-electron chi connectivity index (χ1n) is 6.33. The third kappa shape index (κ3) is 4.28. The summed E-state index contributed by atoms with van der Waals surface area (Å²) in [7, 11) is 0. The molecule has 0 saturated heterocycles. The number of benzene rings is 1. The number of nitriles is 1. The molecule has 106 valence electrons. The minimum absolute atomic E-state index is 0.104. The van der Waals surface area contributed by atoms with Crippen LogP contribution in [0.2, 0.25) is 0 Å². The Morgan fingerprint density at radius 1 is 1.33 bits per heavy atom. The smallest absolute Gasteiger partial charge is 0.262 e. The maximum absolute atomic E-state index is 12.2. The van der Waals surface area contributed by atoms with Gasteiger partial charge in [0.2, 0.25) is 0 Å². The van der Waals surface area contributed by atoms with E-state index in [1.54, 1.807) is 6.08 Å². The number of nitrogens with one attached hydrogen (secondary N) is 1. The molecular weight excluding hydrogens is 348 g/mol. The molecule has 0 aliphatic carbocycles. The molecule has 0 fully saturated rings. The van der Waals surface area contributed by atoms with Crippen LogP contribution in [0.4, 0.5) is 0 Å². The molecule has 1 atom stereocenters. The highest BCUT2D eigenvalue weighted by Gasteiger charge is 2.13. The van der Waals surface area contributed by atoms with E-state index in [1.165, 1.54) is 11.3 Å². The van der Waals surface area contributed by atoms with E-state index in [0.717, 1.165) is 14.2 Å². The van der Waals surface area contributed by atoms with Crippen LogP contribution in [0.1, 0.15) is 23.4 Å². The van der Waals surface area contributed by atoms with Gasteiger partial charge in [0.15, 0.2) is 0 Å². The lowest BCUT2D eigenvalue weighted by Gasteiger charge is -2.13. The Hall–Kier alpha value is -1.90. The molecule has 3 nitrogen and oxygen atoms in total. The fourth-order valence-corrected chi connectivity index (χ4v) is 3.16. The number of halogens is 1. The predicted octanol–water partition coefficient (Wildman–Crippen LogP) is 4.29. The molecular formula is C16H13BrN2OS. The normalized spacial score (nSPS) is 12.5. The highest BCUT2D eigenvalue weighted by molar-refractivity contribution is 9.11. The van der Waals surface area contributed by atoms with Gasteiger partial charge in [-0.25, -0.2) is 0 Å². The highest BCUT2D eigenvalue weighted by atomic mass is 79.9. The molecule has 1 aromatic carbocycles. The van der Waals surface area contributed by atoms with Gasteiger partial charge >= 0.3 is 0 Å². The molecule has 0 saturated carbocycles. The van der Waals surface area contributed by atoms with Gasteiger partial charge in [0.05, 0.1) is 9.83 Å². The van der Waals surface area contributed by atoms with E-state index in [9.17, 15) is 4.79 Å². The average molecular weight is 361 g/mol. The molecule has 0 aliphatic rings. The van der Waals surface area contributed by atoms with Crippen LogP contribution < -0.4 is 5.32 Å². The van der Waals surface area contributed by atoms with Crippen LogP contribution in [0, 0.1) is 11.3 Å². The maximum atomic E-state index is 12.2. The number of nitrogens with zero attached hydrogens (tertiary/aromatic N) is 1. The molecule has 21 heavy (non-hydrogen) atoms. The summed E-state index contributed by atoms with van der Waals surface area (Å²) in [5.74, 6) is -0.363. The Morgan fingerprint density at radius 3 is 2.62 bits per heavy atom. The predicted molar refractivity (Wildman–Crippen MR) is 88.6 cm³/mol. The average Bonchev–Trinajstić information content (AvgIpc) is 2.90. The third-order valence-corrected chi connectivity index (χ3v) is 4.46. The van der Waals surface area contributed by atoms with Gasteiger partial charge < -0.3 is 5.32 Å². The second-order valence-electron chi connectivity index (χ2n) is 4.42. The lowest BCUT2D eigenvalue weighted by molar-refractivity contribution is -0.117. The summed E-state index contributed by atoms with van der Waals surface area (Å²) in [5, 5.41) is 12.0. The SMILES string of the molecule is C[C@H](NC(=O)/C(C#N)=C\c1ccc(Br)s1)c1ccccc1. The zero-order valence-electron chi connectivity index (χ0n) is 11.3. The molecule has 0 radical (unpaired) electrons. The monoisotopic (exact) mass is 360 g/mol. The zero-order valence-corrected chi connectivity index (χ0v) is 13.7. The summed E-state index contributed by atoms with van der Waals surface area (Å²) >= 11 is 4.83. The van der Waals surface area contributed by atoms with Gasteiger partial charge in [0.25, 0.3) is 5.91 Å². The van der Waals surface area contributed by atoms with Crippen molar-refractivity contribution in [3.05, 3.63) is 62.3 Å². The molecule has 2 aromatic rings.